The van der Waals surface area contributed by atoms with Crippen molar-refractivity contribution < 1.29 is 4.79 Å². The van der Waals surface area contributed by atoms with Crippen molar-refractivity contribution in [3.8, 4) is 0 Å². The SMILES string of the molecule is NNC(=O)CSc1ccc(N)c(Cl)c1. The van der Waals surface area contributed by atoms with E-state index in [0.717, 1.165) is 4.90 Å². The molecule has 4 nitrogen and oxygen atoms in total. The zero-order valence-corrected chi connectivity index (χ0v) is 8.86. The van der Waals surface area contributed by atoms with Crippen molar-refractivity contribution in [3.05, 3.63) is 23.2 Å². The van der Waals surface area contributed by atoms with E-state index in [1.54, 1.807) is 18.2 Å². The molecule has 0 aliphatic carbocycles. The molecule has 1 aromatic carbocycles. The number of nitrogens with one attached hydrogen (secondary N) is 1. The normalized spacial score (nSPS) is 9.86. The molecule has 0 unspecified atom stereocenters. The molecule has 0 radical (unpaired) electrons. The molecule has 5 N–H and O–H groups in total. The lowest BCUT2D eigenvalue weighted by Crippen LogP contribution is -2.31. The average Bonchev–Trinajstić information content (AvgIpc) is 2.19. The van der Waals surface area contributed by atoms with Crippen molar-refractivity contribution in [1.29, 1.82) is 0 Å². The molecule has 6 heteroatoms. The van der Waals surface area contributed by atoms with Gasteiger partial charge in [0.1, 0.15) is 0 Å². The Kier molecular flexibility index (Phi) is 4.06. The smallest absolute Gasteiger partial charge is 0.244 e. The number of carbonyl (C=O) groups is 1. The molecular weight excluding hydrogens is 222 g/mol. The van der Waals surface area contributed by atoms with Gasteiger partial charge in [-0.25, -0.2) is 5.84 Å². The van der Waals surface area contributed by atoms with E-state index in [9.17, 15) is 4.79 Å². The van der Waals surface area contributed by atoms with Gasteiger partial charge in [-0.3, -0.25) is 10.2 Å². The second-order valence-electron chi connectivity index (χ2n) is 2.54. The van der Waals surface area contributed by atoms with Crippen LogP contribution in [0.15, 0.2) is 23.1 Å². The highest BCUT2D eigenvalue weighted by Gasteiger charge is 2.02. The lowest BCUT2D eigenvalue weighted by molar-refractivity contribution is -0.118. The predicted octanol–water partition coefficient (Wildman–Crippen LogP) is 1.00. The highest BCUT2D eigenvalue weighted by Crippen LogP contribution is 2.25. The van der Waals surface area contributed by atoms with Gasteiger partial charge in [0, 0.05) is 4.90 Å². The summed E-state index contributed by atoms with van der Waals surface area (Å²) < 4.78 is 0. The molecular formula is C8H10ClN3OS. The maximum atomic E-state index is 10.8. The number of hydrazine groups is 1. The van der Waals surface area contributed by atoms with Crippen LogP contribution in [-0.2, 0) is 4.79 Å². The number of nitrogens with two attached hydrogens (primary N) is 2. The maximum Gasteiger partial charge on any atom is 0.244 e. The molecule has 1 amide bonds. The Hall–Kier alpha value is -0.910. The first-order chi connectivity index (χ1) is 6.63. The van der Waals surface area contributed by atoms with Gasteiger partial charge in [0.2, 0.25) is 5.91 Å². The largest absolute Gasteiger partial charge is 0.398 e. The number of carbonyl (C=O) groups excluding carboxylic acids is 1. The molecule has 0 aliphatic heterocycles. The zero-order chi connectivity index (χ0) is 10.6. The first kappa shape index (κ1) is 11.2. The number of halogens is 1. The number of rotatable bonds is 3. The minimum absolute atomic E-state index is 0.233. The molecule has 1 aromatic rings. The van der Waals surface area contributed by atoms with E-state index in [2.05, 4.69) is 0 Å². The molecule has 0 aromatic heterocycles. The fraction of sp³-hybridized carbons (Fsp3) is 0.125. The van der Waals surface area contributed by atoms with Gasteiger partial charge in [0.25, 0.3) is 0 Å². The minimum Gasteiger partial charge on any atom is -0.398 e. The Morgan fingerprint density at radius 2 is 2.29 bits per heavy atom. The topological polar surface area (TPSA) is 81.1 Å². The van der Waals surface area contributed by atoms with Crippen molar-refractivity contribution in [2.45, 2.75) is 4.90 Å². The third-order valence-corrected chi connectivity index (χ3v) is 2.82. The Labute approximate surface area is 90.9 Å². The first-order valence-electron chi connectivity index (χ1n) is 3.80. The van der Waals surface area contributed by atoms with Gasteiger partial charge in [-0.2, -0.15) is 0 Å². The number of benzene rings is 1. The van der Waals surface area contributed by atoms with E-state index in [0.29, 0.717) is 10.7 Å². The minimum atomic E-state index is -0.233. The van der Waals surface area contributed by atoms with Crippen LogP contribution in [0.25, 0.3) is 0 Å². The van der Waals surface area contributed by atoms with E-state index >= 15 is 0 Å². The lowest BCUT2D eigenvalue weighted by Gasteiger charge is -2.02. The van der Waals surface area contributed by atoms with Crippen molar-refractivity contribution in [1.82, 2.24) is 5.43 Å². The number of amides is 1. The van der Waals surface area contributed by atoms with Crippen LogP contribution in [0.1, 0.15) is 0 Å². The molecule has 0 aliphatic rings. The molecule has 0 fully saturated rings. The zero-order valence-electron chi connectivity index (χ0n) is 7.29. The molecule has 0 atom stereocenters. The molecule has 0 saturated heterocycles. The summed E-state index contributed by atoms with van der Waals surface area (Å²) in [5, 5.41) is 0.489. The van der Waals surface area contributed by atoms with Crippen LogP contribution < -0.4 is 17.0 Å². The Morgan fingerprint density at radius 3 is 2.86 bits per heavy atom. The van der Waals surface area contributed by atoms with Gasteiger partial charge in [-0.1, -0.05) is 11.6 Å². The van der Waals surface area contributed by atoms with Gasteiger partial charge >= 0.3 is 0 Å². The molecule has 0 spiro atoms. The Bertz CT molecular complexity index is 345. The fourth-order valence-corrected chi connectivity index (χ4v) is 1.78. The standard InChI is InChI=1S/C8H10ClN3OS/c9-6-3-5(1-2-7(6)10)14-4-8(13)12-11/h1-3H,4,10-11H2,(H,12,13). The van der Waals surface area contributed by atoms with Gasteiger partial charge in [-0.15, -0.1) is 11.8 Å². The number of thioether (sulfide) groups is 1. The van der Waals surface area contributed by atoms with E-state index in [1.165, 1.54) is 11.8 Å². The van der Waals surface area contributed by atoms with Crippen molar-refractivity contribution in [2.75, 3.05) is 11.5 Å². The summed E-state index contributed by atoms with van der Waals surface area (Å²) in [5.74, 6) is 4.96. The van der Waals surface area contributed by atoms with Gasteiger partial charge < -0.3 is 5.73 Å². The van der Waals surface area contributed by atoms with E-state index in [4.69, 9.17) is 23.2 Å². The van der Waals surface area contributed by atoms with Crippen LogP contribution in [0.5, 0.6) is 0 Å². The summed E-state index contributed by atoms with van der Waals surface area (Å²) in [4.78, 5) is 11.7. The fourth-order valence-electron chi connectivity index (χ4n) is 0.788. The average molecular weight is 232 g/mol. The van der Waals surface area contributed by atoms with Gasteiger partial charge in [0.15, 0.2) is 0 Å². The predicted molar refractivity (Wildman–Crippen MR) is 58.9 cm³/mol. The molecule has 1 rings (SSSR count). The lowest BCUT2D eigenvalue weighted by atomic mass is 10.3. The van der Waals surface area contributed by atoms with Crippen molar-refractivity contribution in [2.24, 2.45) is 5.84 Å². The maximum absolute atomic E-state index is 10.8. The molecule has 0 heterocycles. The third kappa shape index (κ3) is 3.10. The van der Waals surface area contributed by atoms with E-state index in [-0.39, 0.29) is 11.7 Å². The van der Waals surface area contributed by atoms with Crippen molar-refractivity contribution in [3.63, 3.8) is 0 Å². The summed E-state index contributed by atoms with van der Waals surface area (Å²) >= 11 is 7.14. The van der Waals surface area contributed by atoms with Crippen LogP contribution in [-0.4, -0.2) is 11.7 Å². The van der Waals surface area contributed by atoms with E-state index in [1.807, 2.05) is 5.43 Å². The quantitative estimate of drug-likeness (QED) is 0.238. The third-order valence-electron chi connectivity index (χ3n) is 1.50. The summed E-state index contributed by atoms with van der Waals surface area (Å²) in [7, 11) is 0. The van der Waals surface area contributed by atoms with Crippen LogP contribution in [0.3, 0.4) is 0 Å². The highest BCUT2D eigenvalue weighted by atomic mass is 35.5. The molecule has 0 bridgehead atoms. The van der Waals surface area contributed by atoms with E-state index < -0.39 is 0 Å². The summed E-state index contributed by atoms with van der Waals surface area (Å²) in [6, 6.07) is 5.21. The Morgan fingerprint density at radius 1 is 1.57 bits per heavy atom. The van der Waals surface area contributed by atoms with Crippen molar-refractivity contribution >= 4 is 35.0 Å². The molecule has 14 heavy (non-hydrogen) atoms. The highest BCUT2D eigenvalue weighted by molar-refractivity contribution is 8.00. The van der Waals surface area contributed by atoms with Crippen LogP contribution in [0.4, 0.5) is 5.69 Å². The summed E-state index contributed by atoms with van der Waals surface area (Å²) in [6.07, 6.45) is 0. The number of anilines is 1. The molecule has 76 valence electrons. The second kappa shape index (κ2) is 5.09. The van der Waals surface area contributed by atoms with Gasteiger partial charge in [0.05, 0.1) is 16.5 Å². The van der Waals surface area contributed by atoms with Gasteiger partial charge in [-0.05, 0) is 18.2 Å². The number of nitrogen functional groups attached to an aromatic ring is 1. The summed E-state index contributed by atoms with van der Waals surface area (Å²) in [5.41, 5.74) is 8.10. The van der Waals surface area contributed by atoms with Crippen LogP contribution in [0, 0.1) is 0 Å². The first-order valence-corrected chi connectivity index (χ1v) is 5.17. The molecule has 0 saturated carbocycles. The summed E-state index contributed by atoms with van der Waals surface area (Å²) in [6.45, 7) is 0. The number of hydrogen-bond acceptors (Lipinski definition) is 4. The Balaban J connectivity index is 2.60. The number of hydrogen-bond donors (Lipinski definition) is 3. The monoisotopic (exact) mass is 231 g/mol. The van der Waals surface area contributed by atoms with Crippen LogP contribution in [0.2, 0.25) is 5.02 Å². The van der Waals surface area contributed by atoms with Crippen LogP contribution >= 0.6 is 23.4 Å². The second-order valence-corrected chi connectivity index (χ2v) is 4.00.